The Morgan fingerprint density at radius 2 is 1.38 bits per heavy atom. The van der Waals surface area contributed by atoms with E-state index < -0.39 is 40.9 Å². The number of carbonyl (C=O) groups is 2. The second kappa shape index (κ2) is 6.38. The maximum Gasteiger partial charge on any atom is 0.410 e. The highest BCUT2D eigenvalue weighted by molar-refractivity contribution is 5.87. The normalized spacial score (nSPS) is 34.1. The van der Waals surface area contributed by atoms with Crippen LogP contribution in [0.2, 0.25) is 0 Å². The monoisotopic (exact) mass is 428 g/mol. The highest BCUT2D eigenvalue weighted by Crippen LogP contribution is 2.61. The van der Waals surface area contributed by atoms with Crippen LogP contribution >= 0.6 is 0 Å². The van der Waals surface area contributed by atoms with Crippen molar-refractivity contribution >= 4 is 11.9 Å². The molecule has 0 aromatic rings. The van der Waals surface area contributed by atoms with Gasteiger partial charge in [0.15, 0.2) is 0 Å². The topological polar surface area (TPSA) is 52.6 Å². The van der Waals surface area contributed by atoms with Crippen LogP contribution in [0.25, 0.3) is 0 Å². The Hall–Kier alpha value is -1.74. The van der Waals surface area contributed by atoms with Crippen LogP contribution in [0, 0.1) is 11.8 Å². The maximum absolute atomic E-state index is 14.0. The Bertz CT molecular complexity index is 727. The number of hydrogen-bond acceptors (Lipinski definition) is 4. The van der Waals surface area contributed by atoms with Crippen LogP contribution in [0.4, 0.5) is 26.3 Å². The predicted molar refractivity (Wildman–Crippen MR) is 87.7 cm³/mol. The van der Waals surface area contributed by atoms with Crippen molar-refractivity contribution in [3.05, 3.63) is 12.2 Å². The second-order valence-corrected chi connectivity index (χ2v) is 8.92. The molecule has 10 heteroatoms. The van der Waals surface area contributed by atoms with Gasteiger partial charge in [-0.25, -0.2) is 9.59 Å². The van der Waals surface area contributed by atoms with Gasteiger partial charge in [-0.2, -0.15) is 26.3 Å². The van der Waals surface area contributed by atoms with Crippen LogP contribution in [0.5, 0.6) is 0 Å². The van der Waals surface area contributed by atoms with Crippen LogP contribution in [0.3, 0.4) is 0 Å². The van der Waals surface area contributed by atoms with Crippen molar-refractivity contribution in [2.24, 2.45) is 11.8 Å². The first-order chi connectivity index (χ1) is 13.0. The molecule has 4 nitrogen and oxygen atoms in total. The van der Waals surface area contributed by atoms with E-state index in [0.29, 0.717) is 19.3 Å². The minimum atomic E-state index is -5.91. The molecule has 0 spiro atoms. The lowest BCUT2D eigenvalue weighted by atomic mass is 9.52. The van der Waals surface area contributed by atoms with Gasteiger partial charge in [0.05, 0.1) is 0 Å². The van der Waals surface area contributed by atoms with Gasteiger partial charge in [0.2, 0.25) is 0 Å². The third-order valence-electron chi connectivity index (χ3n) is 6.12. The van der Waals surface area contributed by atoms with Crippen molar-refractivity contribution in [2.45, 2.75) is 81.3 Å². The summed E-state index contributed by atoms with van der Waals surface area (Å²) in [5.74, 6) is -20.4. The van der Waals surface area contributed by atoms with Gasteiger partial charge in [-0.15, -0.1) is 0 Å². The summed E-state index contributed by atoms with van der Waals surface area (Å²) in [5.41, 5.74) is -2.51. The smallest absolute Gasteiger partial charge is 0.410 e. The van der Waals surface area contributed by atoms with E-state index in [1.54, 1.807) is 0 Å². The molecule has 0 aliphatic heterocycles. The van der Waals surface area contributed by atoms with E-state index in [2.05, 4.69) is 6.58 Å². The lowest BCUT2D eigenvalue weighted by Crippen LogP contribution is -2.64. The zero-order valence-corrected chi connectivity index (χ0v) is 16.0. The minimum absolute atomic E-state index is 0.122. The Labute approximate surface area is 163 Å². The molecule has 164 valence electrons. The lowest BCUT2D eigenvalue weighted by Gasteiger charge is -2.60. The summed E-state index contributed by atoms with van der Waals surface area (Å²) >= 11 is 0. The van der Waals surface area contributed by atoms with Crippen LogP contribution in [-0.2, 0) is 19.1 Å². The summed E-state index contributed by atoms with van der Waals surface area (Å²) in [6.45, 7) is 4.54. The zero-order valence-electron chi connectivity index (χ0n) is 16.0. The van der Waals surface area contributed by atoms with Crippen molar-refractivity contribution in [2.75, 3.05) is 0 Å². The fourth-order valence-corrected chi connectivity index (χ4v) is 5.28. The van der Waals surface area contributed by atoms with Gasteiger partial charge in [-0.1, -0.05) is 6.58 Å². The molecule has 4 bridgehead atoms. The van der Waals surface area contributed by atoms with Gasteiger partial charge in [-0.3, -0.25) is 0 Å². The number of hydrogen-bond donors (Lipinski definition) is 0. The van der Waals surface area contributed by atoms with Gasteiger partial charge in [-0.05, 0) is 50.9 Å². The summed E-state index contributed by atoms with van der Waals surface area (Å²) in [6.07, 6.45) is 1.69. The first-order valence-electron chi connectivity index (χ1n) is 9.28. The van der Waals surface area contributed by atoms with Crippen molar-refractivity contribution < 1.29 is 45.4 Å². The third-order valence-corrected chi connectivity index (χ3v) is 6.12. The summed E-state index contributed by atoms with van der Waals surface area (Å²) in [7, 11) is 0. The van der Waals surface area contributed by atoms with Crippen molar-refractivity contribution in [3.63, 3.8) is 0 Å². The number of rotatable bonds is 6. The molecular weight excluding hydrogens is 406 g/mol. The highest BCUT2D eigenvalue weighted by Gasteiger charge is 2.75. The highest BCUT2D eigenvalue weighted by atomic mass is 19.3. The molecule has 0 amide bonds. The average molecular weight is 428 g/mol. The van der Waals surface area contributed by atoms with E-state index >= 15 is 0 Å². The molecule has 4 saturated carbocycles. The van der Waals surface area contributed by atoms with Crippen molar-refractivity contribution in [1.29, 1.82) is 0 Å². The Morgan fingerprint density at radius 3 is 1.79 bits per heavy atom. The quantitative estimate of drug-likeness (QED) is 0.351. The summed E-state index contributed by atoms with van der Waals surface area (Å²) in [4.78, 5) is 24.0. The van der Waals surface area contributed by atoms with Gasteiger partial charge >= 0.3 is 29.7 Å². The van der Waals surface area contributed by atoms with E-state index in [-0.39, 0.29) is 43.6 Å². The maximum atomic E-state index is 14.0. The molecule has 4 aliphatic rings. The number of alkyl halides is 6. The van der Waals surface area contributed by atoms with E-state index in [1.165, 1.54) is 6.92 Å². The zero-order chi connectivity index (χ0) is 22.0. The van der Waals surface area contributed by atoms with E-state index in [0.717, 1.165) is 0 Å². The van der Waals surface area contributed by atoms with Gasteiger partial charge < -0.3 is 9.47 Å². The lowest BCUT2D eigenvalue weighted by molar-refractivity contribution is -0.308. The summed E-state index contributed by atoms with van der Waals surface area (Å²) in [5, 5.41) is 0. The number of carbonyl (C=O) groups excluding carboxylic acids is 2. The van der Waals surface area contributed by atoms with E-state index in [1.807, 2.05) is 0 Å². The molecule has 29 heavy (non-hydrogen) atoms. The third kappa shape index (κ3) is 3.52. The van der Waals surface area contributed by atoms with Crippen LogP contribution in [0.1, 0.15) is 52.4 Å². The van der Waals surface area contributed by atoms with Crippen LogP contribution in [0.15, 0.2) is 12.2 Å². The minimum Gasteiger partial charge on any atom is -0.456 e. The number of esters is 2. The van der Waals surface area contributed by atoms with Crippen molar-refractivity contribution in [3.8, 4) is 0 Å². The van der Waals surface area contributed by atoms with E-state index in [9.17, 15) is 35.9 Å². The van der Waals surface area contributed by atoms with Crippen LogP contribution in [-0.4, -0.2) is 40.9 Å². The molecule has 2 unspecified atom stereocenters. The predicted octanol–water partition coefficient (Wildman–Crippen LogP) is 4.67. The van der Waals surface area contributed by atoms with Crippen LogP contribution < -0.4 is 0 Å². The molecule has 0 aromatic carbocycles. The first kappa shape index (κ1) is 22.0. The van der Waals surface area contributed by atoms with E-state index in [4.69, 9.17) is 9.47 Å². The summed E-state index contributed by atoms with van der Waals surface area (Å²) in [6, 6.07) is 0. The molecule has 0 heterocycles. The molecule has 0 saturated heterocycles. The standard InChI is InChI=1S/C19H22F6O4/c1-10(2)13(26)28-16-5-11-4-12(6-16)8-17(7-11,9-16)29-14(27)18(22,23)19(24,25)15(3,20)21/h11-12H,1,4-9H2,2-3H3. The van der Waals surface area contributed by atoms with Gasteiger partial charge in [0, 0.05) is 18.9 Å². The fraction of sp³-hybridized carbons (Fsp3) is 0.789. The molecular formula is C19H22F6O4. The van der Waals surface area contributed by atoms with Gasteiger partial charge in [0.1, 0.15) is 11.2 Å². The Balaban J connectivity index is 1.85. The first-order valence-corrected chi connectivity index (χ1v) is 9.28. The van der Waals surface area contributed by atoms with Gasteiger partial charge in [0.25, 0.3) is 0 Å². The molecule has 4 aliphatic carbocycles. The number of halogens is 6. The molecule has 4 rings (SSSR count). The summed E-state index contributed by atoms with van der Waals surface area (Å²) < 4.78 is 91.6. The molecule has 0 N–H and O–H groups in total. The fourth-order valence-electron chi connectivity index (χ4n) is 5.28. The average Bonchev–Trinajstić information content (AvgIpc) is 2.50. The molecule has 0 radical (unpaired) electrons. The second-order valence-electron chi connectivity index (χ2n) is 8.92. The SMILES string of the molecule is C=C(C)C(=O)OC12CC3CC(C1)CC(OC(=O)C(F)(F)C(F)(F)C(C)(F)F)(C3)C2. The largest absolute Gasteiger partial charge is 0.456 e. The Kier molecular flexibility index (Phi) is 4.83. The number of ether oxygens (including phenoxy) is 2. The molecule has 4 fully saturated rings. The molecule has 0 aromatic heterocycles. The molecule has 2 atom stereocenters. The Morgan fingerprint density at radius 1 is 0.931 bits per heavy atom. The van der Waals surface area contributed by atoms with Crippen molar-refractivity contribution in [1.82, 2.24) is 0 Å².